The normalized spacial score (nSPS) is 10.7. The van der Waals surface area contributed by atoms with Gasteiger partial charge in [0.2, 0.25) is 0 Å². The molecule has 59 heavy (non-hydrogen) atoms. The number of rotatable bonds is 8. The maximum Gasteiger partial charge on any atom is 0 e. The van der Waals surface area contributed by atoms with Crippen molar-refractivity contribution in [3.8, 4) is 11.1 Å². The van der Waals surface area contributed by atoms with Crippen LogP contribution in [-0.4, -0.2) is 0 Å². The molecule has 0 N–H and O–H groups in total. The molecule has 9 rings (SSSR count). The van der Waals surface area contributed by atoms with E-state index in [4.69, 9.17) is 0 Å². The summed E-state index contributed by atoms with van der Waals surface area (Å²) in [4.78, 5) is 0. The van der Waals surface area contributed by atoms with E-state index in [0.29, 0.717) is 5.92 Å². The standard InChI is InChI=1S/C44H32P2.C10H14.2ClH.Ru/c1-5-19-35(20-6-1)45(36-21-7-2-8-22-36)41-31-29-33-17-13-15-27-39(33)43(41)44-40-28-16-14-18-34(40)30-32-42(44)46(37-23-9-3-10-24-37)38-25-11-4-12-26-38;1-8(2)10-6-4-9(3)5-7-10;;;/h1-32H;4-8H,1-3H3;2*1H;. The van der Waals surface area contributed by atoms with Crippen molar-refractivity contribution in [1.29, 1.82) is 0 Å². The molecule has 0 heterocycles. The van der Waals surface area contributed by atoms with Crippen molar-refractivity contribution in [2.45, 2.75) is 26.7 Å². The molecule has 5 heteroatoms. The molecule has 0 unspecified atom stereocenters. The Labute approximate surface area is 378 Å². The molecule has 0 nitrogen and oxygen atoms in total. The largest absolute Gasteiger partial charge is 0.147 e. The van der Waals surface area contributed by atoms with Gasteiger partial charge in [0, 0.05) is 19.5 Å². The van der Waals surface area contributed by atoms with Gasteiger partial charge >= 0.3 is 0 Å². The molecule has 0 aliphatic carbocycles. The summed E-state index contributed by atoms with van der Waals surface area (Å²) in [5.41, 5.74) is 5.46. The Bertz CT molecular complexity index is 2430. The van der Waals surface area contributed by atoms with Gasteiger partial charge in [0.1, 0.15) is 0 Å². The van der Waals surface area contributed by atoms with Gasteiger partial charge in [0.15, 0.2) is 0 Å². The molecule has 0 fully saturated rings. The Morgan fingerprint density at radius 1 is 0.339 bits per heavy atom. The van der Waals surface area contributed by atoms with Gasteiger partial charge in [-0.15, -0.1) is 24.8 Å². The van der Waals surface area contributed by atoms with Gasteiger partial charge in [-0.2, -0.15) is 0 Å². The van der Waals surface area contributed by atoms with Crippen molar-refractivity contribution < 1.29 is 19.5 Å². The number of hydrogen-bond acceptors (Lipinski definition) is 0. The van der Waals surface area contributed by atoms with Crippen molar-refractivity contribution in [2.24, 2.45) is 0 Å². The minimum absolute atomic E-state index is 0. The fraction of sp³-hybridized carbons (Fsp3) is 0.0741. The third kappa shape index (κ3) is 10.3. The van der Waals surface area contributed by atoms with Gasteiger partial charge in [0.05, 0.1) is 0 Å². The molecular weight excluding hydrogens is 883 g/mol. The van der Waals surface area contributed by atoms with Crippen molar-refractivity contribution in [3.05, 3.63) is 230 Å². The smallest absolute Gasteiger partial charge is 0 e. The van der Waals surface area contributed by atoms with E-state index in [2.05, 4.69) is 239 Å². The average molecular weight is 931 g/mol. The van der Waals surface area contributed by atoms with Crippen LogP contribution in [0.3, 0.4) is 0 Å². The van der Waals surface area contributed by atoms with Crippen molar-refractivity contribution >= 4 is 94.0 Å². The Morgan fingerprint density at radius 2 is 0.644 bits per heavy atom. The molecule has 9 aromatic rings. The molecule has 9 aromatic carbocycles. The molecule has 0 amide bonds. The van der Waals surface area contributed by atoms with Crippen LogP contribution in [0.15, 0.2) is 218 Å². The summed E-state index contributed by atoms with van der Waals surface area (Å²) in [6, 6.07) is 80.5. The number of hydrogen-bond donors (Lipinski definition) is 0. The van der Waals surface area contributed by atoms with Crippen LogP contribution >= 0.6 is 40.7 Å². The summed E-state index contributed by atoms with van der Waals surface area (Å²) in [6.07, 6.45) is 0. The van der Waals surface area contributed by atoms with Crippen LogP contribution in [0, 0.1) is 6.92 Å². The van der Waals surface area contributed by atoms with Crippen LogP contribution < -0.4 is 31.8 Å². The van der Waals surface area contributed by atoms with E-state index in [9.17, 15) is 0 Å². The Morgan fingerprint density at radius 3 is 0.966 bits per heavy atom. The second kappa shape index (κ2) is 21.7. The van der Waals surface area contributed by atoms with Gasteiger partial charge in [-0.1, -0.05) is 238 Å². The predicted molar refractivity (Wildman–Crippen MR) is 264 cm³/mol. The molecule has 0 radical (unpaired) electrons. The minimum Gasteiger partial charge on any atom is -0.147 e. The zero-order valence-corrected chi connectivity index (χ0v) is 38.6. The first-order chi connectivity index (χ1) is 27.6. The average Bonchev–Trinajstić information content (AvgIpc) is 3.26. The number of fused-ring (bicyclic) bond motifs is 2. The van der Waals surface area contributed by atoms with E-state index in [1.165, 1.54) is 75.6 Å². The first kappa shape index (κ1) is 45.6. The molecule has 0 saturated heterocycles. The van der Waals surface area contributed by atoms with Crippen LogP contribution in [0.25, 0.3) is 32.7 Å². The maximum absolute atomic E-state index is 2.42. The van der Waals surface area contributed by atoms with Crippen LogP contribution in [0.4, 0.5) is 0 Å². The van der Waals surface area contributed by atoms with Crippen LogP contribution in [0.5, 0.6) is 0 Å². The quantitative estimate of drug-likeness (QED) is 0.105. The first-order valence-electron chi connectivity index (χ1n) is 19.5. The minimum atomic E-state index is -0.852. The molecule has 0 aliphatic heterocycles. The molecule has 0 atom stereocenters. The zero-order valence-electron chi connectivity index (χ0n) is 33.4. The zero-order chi connectivity index (χ0) is 38.3. The molecule has 0 saturated carbocycles. The van der Waals surface area contributed by atoms with Crippen LogP contribution in [-0.2, 0) is 19.5 Å². The summed E-state index contributed by atoms with van der Waals surface area (Å²) in [5.74, 6) is 0.653. The summed E-state index contributed by atoms with van der Waals surface area (Å²) < 4.78 is 0. The van der Waals surface area contributed by atoms with Crippen molar-refractivity contribution in [3.63, 3.8) is 0 Å². The van der Waals surface area contributed by atoms with Crippen LogP contribution in [0.1, 0.15) is 30.9 Å². The van der Waals surface area contributed by atoms with E-state index in [-0.39, 0.29) is 44.3 Å². The van der Waals surface area contributed by atoms with Crippen molar-refractivity contribution in [1.82, 2.24) is 0 Å². The summed E-state index contributed by atoms with van der Waals surface area (Å²) in [5, 5.41) is 13.3. The fourth-order valence-electron chi connectivity index (χ4n) is 7.53. The van der Waals surface area contributed by atoms with E-state index in [0.717, 1.165) is 0 Å². The molecule has 0 aromatic heterocycles. The summed E-state index contributed by atoms with van der Waals surface area (Å²) in [7, 11) is -1.70. The van der Waals surface area contributed by atoms with Gasteiger partial charge < -0.3 is 0 Å². The topological polar surface area (TPSA) is 0 Å². The fourth-order valence-corrected chi connectivity index (χ4v) is 12.5. The van der Waals surface area contributed by atoms with Gasteiger partial charge in [-0.3, -0.25) is 0 Å². The van der Waals surface area contributed by atoms with E-state index in [1.807, 2.05) is 0 Å². The number of halogens is 2. The monoisotopic (exact) mass is 930 g/mol. The molecular formula is C54H48Cl2P2Ru. The number of benzene rings is 9. The Kier molecular flexibility index (Phi) is 16.8. The molecule has 0 spiro atoms. The van der Waals surface area contributed by atoms with Crippen molar-refractivity contribution in [2.75, 3.05) is 0 Å². The SMILES string of the molecule is Cc1ccc(C(C)C)cc1.Cl.Cl.[Ru].c1ccc(P(c2ccccc2)c2ccc3ccccc3c2-c2c(P(c3ccccc3)c3ccccc3)ccc3ccccc23)cc1. The van der Waals surface area contributed by atoms with Gasteiger partial charge in [-0.05, 0) is 98.7 Å². The van der Waals surface area contributed by atoms with Gasteiger partial charge in [0.25, 0.3) is 0 Å². The molecule has 0 bridgehead atoms. The summed E-state index contributed by atoms with van der Waals surface area (Å²) >= 11 is 0. The predicted octanol–water partition coefficient (Wildman–Crippen LogP) is 13.1. The second-order valence-corrected chi connectivity index (χ2v) is 18.8. The first-order valence-corrected chi connectivity index (χ1v) is 22.2. The molecule has 296 valence electrons. The second-order valence-electron chi connectivity index (χ2n) is 14.4. The molecule has 0 aliphatic rings. The maximum atomic E-state index is 2.42. The van der Waals surface area contributed by atoms with Gasteiger partial charge in [-0.25, -0.2) is 0 Å². The van der Waals surface area contributed by atoms with Crippen LogP contribution in [0.2, 0.25) is 0 Å². The third-order valence-corrected chi connectivity index (χ3v) is 15.3. The van der Waals surface area contributed by atoms with E-state index >= 15 is 0 Å². The van der Waals surface area contributed by atoms with E-state index < -0.39 is 15.8 Å². The third-order valence-electron chi connectivity index (χ3n) is 10.3. The van der Waals surface area contributed by atoms with E-state index in [1.54, 1.807) is 0 Å². The Hall–Kier alpha value is -4.44. The number of aryl methyl sites for hydroxylation is 1. The summed E-state index contributed by atoms with van der Waals surface area (Å²) in [6.45, 7) is 6.54. The Balaban J connectivity index is 0.000000450.